The van der Waals surface area contributed by atoms with Crippen molar-refractivity contribution in [2.24, 2.45) is 5.16 Å². The average molecular weight is 661 g/mol. The lowest BCUT2D eigenvalue weighted by molar-refractivity contribution is 0.0643. The van der Waals surface area contributed by atoms with E-state index >= 15 is 0 Å². The Kier molecular flexibility index (Phi) is 13.2. The second kappa shape index (κ2) is 16.6. The van der Waals surface area contributed by atoms with Gasteiger partial charge < -0.3 is 25.1 Å². The van der Waals surface area contributed by atoms with Gasteiger partial charge in [-0.15, -0.1) is 0 Å². The van der Waals surface area contributed by atoms with Crippen molar-refractivity contribution < 1.29 is 37.0 Å². The highest BCUT2D eigenvalue weighted by molar-refractivity contribution is 7.92. The number of ether oxygens (including phenoxy) is 1. The first-order valence-corrected chi connectivity index (χ1v) is 16.3. The van der Waals surface area contributed by atoms with E-state index < -0.39 is 40.0 Å². The molecular weight excluding hydrogens is 618 g/mol. The van der Waals surface area contributed by atoms with Crippen LogP contribution in [0.4, 0.5) is 14.5 Å². The topological polar surface area (TPSA) is 133 Å². The molecule has 0 amide bonds. The fourth-order valence-electron chi connectivity index (χ4n) is 4.54. The number of nitrogens with one attached hydrogen (secondary N) is 2. The molecule has 0 aliphatic rings. The van der Waals surface area contributed by atoms with Crippen molar-refractivity contribution >= 4 is 21.4 Å². The van der Waals surface area contributed by atoms with Crippen LogP contribution in [0.15, 0.2) is 78.0 Å². The van der Waals surface area contributed by atoms with E-state index in [1.54, 1.807) is 33.1 Å². The standard InChI is InChI=1S/C33H42F2N4O6S/c1-21(2)20-45-38-22(3)25-14-26(16-29(15-25)39(4)46(6,42)43)33(41)37-31(13-24-10-27(34)17-28(35)11-24)32(40)19-36-18-23-8-7-9-30(12-23)44-5/h7-12,14-17,31-33,36-37,40-41H,1,13,18-20H2,2-6H3/t31-,32+,33?/m0/s1. The number of nitrogens with zero attached hydrogens (tertiary/aromatic N) is 2. The van der Waals surface area contributed by atoms with Crippen molar-refractivity contribution in [3.05, 3.63) is 107 Å². The molecule has 0 saturated heterocycles. The van der Waals surface area contributed by atoms with E-state index in [0.29, 0.717) is 23.6 Å². The smallest absolute Gasteiger partial charge is 0.231 e. The number of hydrogen-bond donors (Lipinski definition) is 4. The summed E-state index contributed by atoms with van der Waals surface area (Å²) in [6, 6.07) is 14.2. The fraction of sp³-hybridized carbons (Fsp3) is 0.364. The number of aliphatic hydroxyl groups excluding tert-OH is 2. The molecule has 10 nitrogen and oxygen atoms in total. The quantitative estimate of drug-likeness (QED) is 0.0739. The van der Waals surface area contributed by atoms with Gasteiger partial charge >= 0.3 is 0 Å². The molecule has 0 aliphatic carbocycles. The zero-order chi connectivity index (χ0) is 34.0. The van der Waals surface area contributed by atoms with Gasteiger partial charge in [0.05, 0.1) is 30.9 Å². The Morgan fingerprint density at radius 1 is 1.04 bits per heavy atom. The molecule has 4 N–H and O–H groups in total. The number of methoxy groups -OCH3 is 1. The summed E-state index contributed by atoms with van der Waals surface area (Å²) in [5.74, 6) is -0.865. The molecule has 3 aromatic carbocycles. The summed E-state index contributed by atoms with van der Waals surface area (Å²) >= 11 is 0. The monoisotopic (exact) mass is 660 g/mol. The van der Waals surface area contributed by atoms with Gasteiger partial charge in [-0.3, -0.25) is 9.62 Å². The Morgan fingerprint density at radius 3 is 2.37 bits per heavy atom. The van der Waals surface area contributed by atoms with E-state index in [1.807, 2.05) is 24.3 Å². The summed E-state index contributed by atoms with van der Waals surface area (Å²) in [5, 5.41) is 32.9. The Morgan fingerprint density at radius 2 is 1.74 bits per heavy atom. The highest BCUT2D eigenvalue weighted by Gasteiger charge is 2.25. The van der Waals surface area contributed by atoms with Crippen LogP contribution in [0.3, 0.4) is 0 Å². The van der Waals surface area contributed by atoms with Gasteiger partial charge in [-0.05, 0) is 85.0 Å². The lowest BCUT2D eigenvalue weighted by Crippen LogP contribution is -2.47. The molecule has 1 unspecified atom stereocenters. The van der Waals surface area contributed by atoms with Crippen molar-refractivity contribution in [3.63, 3.8) is 0 Å². The SMILES string of the molecule is C=C(C)CON=C(C)c1cc(C(O)N[C@@H](Cc2cc(F)cc(F)c2)[C@H](O)CNCc2cccc(OC)c2)cc(N(C)S(C)(=O)=O)c1. The molecule has 0 bridgehead atoms. The lowest BCUT2D eigenvalue weighted by atomic mass is 9.99. The maximum Gasteiger partial charge on any atom is 0.231 e. The summed E-state index contributed by atoms with van der Waals surface area (Å²) in [7, 11) is -0.728. The van der Waals surface area contributed by atoms with Gasteiger partial charge in [0, 0.05) is 37.8 Å². The van der Waals surface area contributed by atoms with Crippen LogP contribution in [-0.4, -0.2) is 70.1 Å². The molecule has 3 atom stereocenters. The van der Waals surface area contributed by atoms with Crippen LogP contribution < -0.4 is 19.7 Å². The molecule has 13 heteroatoms. The van der Waals surface area contributed by atoms with Crippen LogP contribution in [0, 0.1) is 11.6 Å². The van der Waals surface area contributed by atoms with E-state index in [-0.39, 0.29) is 36.4 Å². The molecule has 0 fully saturated rings. The summed E-state index contributed by atoms with van der Waals surface area (Å²) < 4.78 is 59.2. The second-order valence-corrected chi connectivity index (χ2v) is 13.2. The fourth-order valence-corrected chi connectivity index (χ4v) is 5.03. The van der Waals surface area contributed by atoms with Gasteiger partial charge in [0.25, 0.3) is 0 Å². The van der Waals surface area contributed by atoms with E-state index in [9.17, 15) is 27.4 Å². The number of oxime groups is 1. The summed E-state index contributed by atoms with van der Waals surface area (Å²) in [4.78, 5) is 5.31. The number of anilines is 1. The minimum absolute atomic E-state index is 0.0429. The Balaban J connectivity index is 1.91. The van der Waals surface area contributed by atoms with Crippen molar-refractivity contribution in [3.8, 4) is 5.75 Å². The van der Waals surface area contributed by atoms with Crippen LogP contribution in [0.25, 0.3) is 0 Å². The van der Waals surface area contributed by atoms with E-state index in [2.05, 4.69) is 22.4 Å². The minimum atomic E-state index is -3.67. The molecule has 3 rings (SSSR count). The zero-order valence-electron chi connectivity index (χ0n) is 26.6. The average Bonchev–Trinajstić information content (AvgIpc) is 2.98. The van der Waals surface area contributed by atoms with Gasteiger partial charge in [-0.1, -0.05) is 23.9 Å². The third-order valence-corrected chi connectivity index (χ3v) is 8.28. The van der Waals surface area contributed by atoms with E-state index in [0.717, 1.165) is 39.9 Å². The molecule has 3 aromatic rings. The van der Waals surface area contributed by atoms with Gasteiger partial charge in [0.1, 0.15) is 30.2 Å². The first-order valence-electron chi connectivity index (χ1n) is 14.5. The van der Waals surface area contributed by atoms with E-state index in [1.165, 1.54) is 13.1 Å². The minimum Gasteiger partial charge on any atom is -0.497 e. The summed E-state index contributed by atoms with van der Waals surface area (Å²) in [5.41, 5.74) is 3.30. The summed E-state index contributed by atoms with van der Waals surface area (Å²) in [6.45, 7) is 7.86. The van der Waals surface area contributed by atoms with Gasteiger partial charge in [-0.25, -0.2) is 17.2 Å². The van der Waals surface area contributed by atoms with Crippen LogP contribution in [0.1, 0.15) is 42.3 Å². The molecule has 0 aliphatic heterocycles. The Hall–Kier alpha value is -3.88. The van der Waals surface area contributed by atoms with Crippen molar-refractivity contribution in [1.82, 2.24) is 10.6 Å². The molecule has 0 spiro atoms. The molecular formula is C33H42F2N4O6S. The Labute approximate surface area is 269 Å². The number of benzene rings is 3. The van der Waals surface area contributed by atoms with Crippen molar-refractivity contribution in [2.45, 2.75) is 45.2 Å². The lowest BCUT2D eigenvalue weighted by Gasteiger charge is -2.28. The van der Waals surface area contributed by atoms with Crippen LogP contribution in [0.5, 0.6) is 5.75 Å². The van der Waals surface area contributed by atoms with E-state index in [4.69, 9.17) is 9.57 Å². The predicted octanol–water partition coefficient (Wildman–Crippen LogP) is 4.03. The predicted molar refractivity (Wildman–Crippen MR) is 175 cm³/mol. The van der Waals surface area contributed by atoms with Crippen molar-refractivity contribution in [2.75, 3.05) is 37.9 Å². The number of rotatable bonds is 17. The molecule has 46 heavy (non-hydrogen) atoms. The summed E-state index contributed by atoms with van der Waals surface area (Å²) in [6.07, 6.45) is -1.56. The highest BCUT2D eigenvalue weighted by atomic mass is 32.2. The van der Waals surface area contributed by atoms with Crippen LogP contribution in [0.2, 0.25) is 0 Å². The molecule has 0 heterocycles. The zero-order valence-corrected chi connectivity index (χ0v) is 27.4. The van der Waals surface area contributed by atoms with Crippen LogP contribution >= 0.6 is 0 Å². The Bertz CT molecular complexity index is 1620. The number of aliphatic hydroxyl groups is 2. The second-order valence-electron chi connectivity index (χ2n) is 11.2. The normalized spacial score (nSPS) is 14.0. The largest absolute Gasteiger partial charge is 0.497 e. The maximum absolute atomic E-state index is 14.1. The molecule has 0 aromatic heterocycles. The van der Waals surface area contributed by atoms with Gasteiger partial charge in [-0.2, -0.15) is 0 Å². The number of sulfonamides is 1. The third kappa shape index (κ3) is 11.2. The first-order chi connectivity index (χ1) is 21.7. The molecule has 0 radical (unpaired) electrons. The molecule has 0 saturated carbocycles. The van der Waals surface area contributed by atoms with Crippen LogP contribution in [-0.2, 0) is 27.8 Å². The first kappa shape index (κ1) is 36.6. The van der Waals surface area contributed by atoms with Crippen molar-refractivity contribution in [1.29, 1.82) is 0 Å². The third-order valence-electron chi connectivity index (χ3n) is 7.08. The highest BCUT2D eigenvalue weighted by Crippen LogP contribution is 2.25. The number of hydrogen-bond acceptors (Lipinski definition) is 9. The molecule has 250 valence electrons. The van der Waals surface area contributed by atoms with Gasteiger partial charge in [0.15, 0.2) is 0 Å². The van der Waals surface area contributed by atoms with Gasteiger partial charge in [0.2, 0.25) is 10.0 Å². The maximum atomic E-state index is 14.1. The number of halogens is 2.